The molecule has 2 heterocycles. The van der Waals surface area contributed by atoms with Crippen molar-refractivity contribution in [1.82, 2.24) is 10.2 Å². The van der Waals surface area contributed by atoms with Crippen molar-refractivity contribution in [1.29, 1.82) is 0 Å². The molecule has 2 saturated heterocycles. The predicted molar refractivity (Wildman–Crippen MR) is 94.2 cm³/mol. The van der Waals surface area contributed by atoms with Gasteiger partial charge in [-0.1, -0.05) is 18.2 Å². The Bertz CT molecular complexity index is 657. The number of rotatable bonds is 5. The Morgan fingerprint density at radius 2 is 2.04 bits per heavy atom. The number of benzene rings is 1. The SMILES string of the molecule is Cc1ccccc1C(=O)N1C[C@@H]2C[C@@H](CC(=O)NCC3CC3)O[C@@H]2C1. The van der Waals surface area contributed by atoms with E-state index in [9.17, 15) is 9.59 Å². The van der Waals surface area contributed by atoms with Crippen LogP contribution in [0.3, 0.4) is 0 Å². The molecule has 0 bridgehead atoms. The highest BCUT2D eigenvalue weighted by atomic mass is 16.5. The maximum Gasteiger partial charge on any atom is 0.254 e. The zero-order chi connectivity index (χ0) is 17.4. The molecule has 2 amide bonds. The van der Waals surface area contributed by atoms with Gasteiger partial charge in [0.15, 0.2) is 0 Å². The van der Waals surface area contributed by atoms with Crippen LogP contribution in [-0.2, 0) is 9.53 Å². The molecule has 5 nitrogen and oxygen atoms in total. The molecule has 1 saturated carbocycles. The summed E-state index contributed by atoms with van der Waals surface area (Å²) in [7, 11) is 0. The fraction of sp³-hybridized carbons (Fsp3) is 0.600. The highest BCUT2D eigenvalue weighted by Gasteiger charge is 2.44. The number of nitrogens with one attached hydrogen (secondary N) is 1. The Morgan fingerprint density at radius 1 is 1.24 bits per heavy atom. The maximum atomic E-state index is 12.7. The van der Waals surface area contributed by atoms with E-state index in [0.29, 0.717) is 24.8 Å². The fourth-order valence-electron chi connectivity index (χ4n) is 4.00. The van der Waals surface area contributed by atoms with E-state index in [4.69, 9.17) is 4.74 Å². The first-order valence-corrected chi connectivity index (χ1v) is 9.37. The number of likely N-dealkylation sites (tertiary alicyclic amines) is 1. The number of aryl methyl sites for hydroxylation is 1. The Morgan fingerprint density at radius 3 is 2.76 bits per heavy atom. The monoisotopic (exact) mass is 342 g/mol. The highest BCUT2D eigenvalue weighted by Crippen LogP contribution is 2.35. The van der Waals surface area contributed by atoms with Crippen LogP contribution in [0.1, 0.15) is 41.6 Å². The average molecular weight is 342 g/mol. The third-order valence-electron chi connectivity index (χ3n) is 5.67. The summed E-state index contributed by atoms with van der Waals surface area (Å²) in [6.07, 6.45) is 3.90. The first-order valence-electron chi connectivity index (χ1n) is 9.37. The Kier molecular flexibility index (Phi) is 4.50. The van der Waals surface area contributed by atoms with Crippen molar-refractivity contribution >= 4 is 11.8 Å². The van der Waals surface area contributed by atoms with Crippen LogP contribution in [0.25, 0.3) is 0 Å². The lowest BCUT2D eigenvalue weighted by Gasteiger charge is -2.20. The van der Waals surface area contributed by atoms with Gasteiger partial charge in [0.05, 0.1) is 18.6 Å². The molecule has 2 aliphatic heterocycles. The third kappa shape index (κ3) is 3.71. The summed E-state index contributed by atoms with van der Waals surface area (Å²) in [4.78, 5) is 26.6. The molecular weight excluding hydrogens is 316 g/mol. The number of amides is 2. The number of hydrogen-bond donors (Lipinski definition) is 1. The van der Waals surface area contributed by atoms with Gasteiger partial charge in [-0.05, 0) is 43.7 Å². The van der Waals surface area contributed by atoms with E-state index in [0.717, 1.165) is 30.6 Å². The molecule has 3 aliphatic rings. The standard InChI is InChI=1S/C20H26N2O3/c1-13-4-2-3-5-17(13)20(24)22-11-15-8-16(25-18(15)12-22)9-19(23)21-10-14-6-7-14/h2-5,14-16,18H,6-12H2,1H3,(H,21,23)/t15-,16-,18+/m0/s1. The Hall–Kier alpha value is -1.88. The molecule has 0 aromatic heterocycles. The van der Waals surface area contributed by atoms with E-state index in [1.165, 1.54) is 12.8 Å². The Balaban J connectivity index is 1.28. The van der Waals surface area contributed by atoms with Crippen molar-refractivity contribution < 1.29 is 14.3 Å². The van der Waals surface area contributed by atoms with Crippen LogP contribution in [0.2, 0.25) is 0 Å². The number of fused-ring (bicyclic) bond motifs is 1. The maximum absolute atomic E-state index is 12.7. The van der Waals surface area contributed by atoms with Crippen LogP contribution in [0, 0.1) is 18.8 Å². The summed E-state index contributed by atoms with van der Waals surface area (Å²) in [6, 6.07) is 7.72. The normalized spacial score (nSPS) is 28.0. The van der Waals surface area contributed by atoms with E-state index >= 15 is 0 Å². The van der Waals surface area contributed by atoms with Gasteiger partial charge in [0.2, 0.25) is 5.91 Å². The highest BCUT2D eigenvalue weighted by molar-refractivity contribution is 5.95. The predicted octanol–water partition coefficient (Wildman–Crippen LogP) is 2.14. The minimum Gasteiger partial charge on any atom is -0.372 e. The van der Waals surface area contributed by atoms with Crippen LogP contribution in [0.5, 0.6) is 0 Å². The molecular formula is C20H26N2O3. The van der Waals surface area contributed by atoms with Gasteiger partial charge in [0.25, 0.3) is 5.91 Å². The van der Waals surface area contributed by atoms with Crippen LogP contribution in [-0.4, -0.2) is 48.6 Å². The lowest BCUT2D eigenvalue weighted by atomic mass is 10.0. The average Bonchev–Trinajstić information content (AvgIpc) is 3.23. The molecule has 1 aliphatic carbocycles. The molecule has 0 radical (unpaired) electrons. The first-order chi connectivity index (χ1) is 12.1. The van der Waals surface area contributed by atoms with Crippen molar-refractivity contribution in [2.75, 3.05) is 19.6 Å². The largest absolute Gasteiger partial charge is 0.372 e. The van der Waals surface area contributed by atoms with Crippen molar-refractivity contribution in [2.24, 2.45) is 11.8 Å². The topological polar surface area (TPSA) is 58.6 Å². The van der Waals surface area contributed by atoms with Crippen molar-refractivity contribution in [3.8, 4) is 0 Å². The number of hydrogen-bond acceptors (Lipinski definition) is 3. The van der Waals surface area contributed by atoms with Crippen molar-refractivity contribution in [2.45, 2.75) is 44.8 Å². The van der Waals surface area contributed by atoms with Crippen LogP contribution in [0.15, 0.2) is 24.3 Å². The molecule has 1 N–H and O–H groups in total. The molecule has 0 spiro atoms. The van der Waals surface area contributed by atoms with Crippen LogP contribution in [0.4, 0.5) is 0 Å². The molecule has 4 rings (SSSR count). The summed E-state index contributed by atoms with van der Waals surface area (Å²) in [6.45, 7) is 4.16. The van der Waals surface area contributed by atoms with E-state index in [-0.39, 0.29) is 24.0 Å². The first kappa shape index (κ1) is 16.6. The second kappa shape index (κ2) is 6.79. The van der Waals surface area contributed by atoms with E-state index < -0.39 is 0 Å². The van der Waals surface area contributed by atoms with Gasteiger partial charge in [-0.15, -0.1) is 0 Å². The van der Waals surface area contributed by atoms with Gasteiger partial charge in [0.1, 0.15) is 0 Å². The van der Waals surface area contributed by atoms with Gasteiger partial charge in [0, 0.05) is 31.1 Å². The number of carbonyl (C=O) groups is 2. The molecule has 3 fully saturated rings. The smallest absolute Gasteiger partial charge is 0.254 e. The fourth-order valence-corrected chi connectivity index (χ4v) is 4.00. The summed E-state index contributed by atoms with van der Waals surface area (Å²) in [5.74, 6) is 1.25. The lowest BCUT2D eigenvalue weighted by Crippen LogP contribution is -2.33. The van der Waals surface area contributed by atoms with Gasteiger partial charge in [-0.2, -0.15) is 0 Å². The molecule has 1 aromatic rings. The van der Waals surface area contributed by atoms with Crippen LogP contribution >= 0.6 is 0 Å². The van der Waals surface area contributed by atoms with Crippen molar-refractivity contribution in [3.63, 3.8) is 0 Å². The minimum absolute atomic E-state index is 0.00455. The number of carbonyl (C=O) groups excluding carboxylic acids is 2. The summed E-state index contributed by atoms with van der Waals surface area (Å²) in [5, 5.41) is 3.01. The van der Waals surface area contributed by atoms with Gasteiger partial charge in [-0.25, -0.2) is 0 Å². The molecule has 0 unspecified atom stereocenters. The van der Waals surface area contributed by atoms with Gasteiger partial charge < -0.3 is 15.0 Å². The molecule has 25 heavy (non-hydrogen) atoms. The van der Waals surface area contributed by atoms with Crippen LogP contribution < -0.4 is 5.32 Å². The molecule has 3 atom stereocenters. The summed E-state index contributed by atoms with van der Waals surface area (Å²) >= 11 is 0. The molecule has 1 aromatic carbocycles. The van der Waals surface area contributed by atoms with Crippen molar-refractivity contribution in [3.05, 3.63) is 35.4 Å². The second-order valence-corrected chi connectivity index (χ2v) is 7.77. The zero-order valence-electron chi connectivity index (χ0n) is 14.7. The van der Waals surface area contributed by atoms with E-state index in [2.05, 4.69) is 5.32 Å². The quantitative estimate of drug-likeness (QED) is 0.892. The van der Waals surface area contributed by atoms with Gasteiger partial charge >= 0.3 is 0 Å². The minimum atomic E-state index is 0.00455. The van der Waals surface area contributed by atoms with Gasteiger partial charge in [-0.3, -0.25) is 9.59 Å². The molecule has 5 heteroatoms. The zero-order valence-corrected chi connectivity index (χ0v) is 14.7. The van der Waals surface area contributed by atoms with E-state index in [1.807, 2.05) is 36.1 Å². The third-order valence-corrected chi connectivity index (χ3v) is 5.67. The number of nitrogens with zero attached hydrogens (tertiary/aromatic N) is 1. The molecule has 134 valence electrons. The summed E-state index contributed by atoms with van der Waals surface area (Å²) in [5.41, 5.74) is 1.79. The lowest BCUT2D eigenvalue weighted by molar-refractivity contribution is -0.123. The number of ether oxygens (including phenoxy) is 1. The van der Waals surface area contributed by atoms with E-state index in [1.54, 1.807) is 0 Å². The summed E-state index contributed by atoms with van der Waals surface area (Å²) < 4.78 is 6.07. The Labute approximate surface area is 148 Å². The second-order valence-electron chi connectivity index (χ2n) is 7.77.